The molecule has 0 fully saturated rings. The van der Waals surface area contributed by atoms with Gasteiger partial charge in [0.05, 0.1) is 22.3 Å². The summed E-state index contributed by atoms with van der Waals surface area (Å²) in [5.74, 6) is 0.476. The molecule has 8 heteroatoms. The Labute approximate surface area is 122 Å². The van der Waals surface area contributed by atoms with Gasteiger partial charge in [-0.05, 0) is 19.2 Å². The molecule has 96 valence electrons. The van der Waals surface area contributed by atoms with Crippen molar-refractivity contribution in [3.8, 4) is 0 Å². The highest BCUT2D eigenvalue weighted by Crippen LogP contribution is 2.35. The first-order valence-corrected chi connectivity index (χ1v) is 6.53. The van der Waals surface area contributed by atoms with E-state index in [1.54, 1.807) is 19.2 Å². The summed E-state index contributed by atoms with van der Waals surface area (Å²) in [6.07, 6.45) is 0. The van der Waals surface area contributed by atoms with E-state index in [0.717, 1.165) is 4.47 Å². The zero-order valence-corrected chi connectivity index (χ0v) is 12.4. The number of nitrogens with one attached hydrogen (secondary N) is 2. The van der Waals surface area contributed by atoms with Gasteiger partial charge in [0.25, 0.3) is 0 Å². The molecule has 2 aromatic rings. The predicted molar refractivity (Wildman–Crippen MR) is 74.5 cm³/mol. The molecule has 0 saturated heterocycles. The van der Waals surface area contributed by atoms with Gasteiger partial charge in [-0.25, -0.2) is 0 Å². The molecular formula is C10H9BrCl2N4O. The van der Waals surface area contributed by atoms with Gasteiger partial charge >= 0.3 is 6.01 Å². The molecule has 0 bridgehead atoms. The van der Waals surface area contributed by atoms with Crippen LogP contribution in [0.4, 0.5) is 11.7 Å². The largest absolute Gasteiger partial charge is 0.406 e. The average molecular weight is 352 g/mol. The standard InChI is InChI=1S/C10H9BrCl2N4O/c1-14-4-8-16-17-10(18-8)15-9-6(12)2-5(11)3-7(9)13/h2-3,14H,4H2,1H3,(H,15,17). The van der Waals surface area contributed by atoms with Crippen LogP contribution in [0.25, 0.3) is 0 Å². The number of halogens is 3. The van der Waals surface area contributed by atoms with E-state index < -0.39 is 0 Å². The normalized spacial score (nSPS) is 10.7. The van der Waals surface area contributed by atoms with E-state index in [1.165, 1.54) is 0 Å². The van der Waals surface area contributed by atoms with Crippen LogP contribution in [0.15, 0.2) is 21.0 Å². The fraction of sp³-hybridized carbons (Fsp3) is 0.200. The molecule has 0 aliphatic carbocycles. The van der Waals surface area contributed by atoms with Crippen LogP contribution in [-0.4, -0.2) is 17.2 Å². The Morgan fingerprint density at radius 3 is 2.56 bits per heavy atom. The third-order valence-corrected chi connectivity index (χ3v) is 3.09. The Morgan fingerprint density at radius 2 is 1.94 bits per heavy atom. The SMILES string of the molecule is CNCc1nnc(Nc2c(Cl)cc(Br)cc2Cl)o1. The van der Waals surface area contributed by atoms with Crippen LogP contribution in [0.3, 0.4) is 0 Å². The van der Waals surface area contributed by atoms with E-state index in [1.807, 2.05) is 0 Å². The van der Waals surface area contributed by atoms with E-state index in [4.69, 9.17) is 27.6 Å². The van der Waals surface area contributed by atoms with Crippen molar-refractivity contribution in [1.29, 1.82) is 0 Å². The van der Waals surface area contributed by atoms with Gasteiger partial charge in [-0.3, -0.25) is 0 Å². The lowest BCUT2D eigenvalue weighted by Crippen LogP contribution is -2.04. The second-order valence-corrected chi connectivity index (χ2v) is 5.13. The van der Waals surface area contributed by atoms with Crippen molar-refractivity contribution in [2.75, 3.05) is 12.4 Å². The summed E-state index contributed by atoms with van der Waals surface area (Å²) in [4.78, 5) is 0. The summed E-state index contributed by atoms with van der Waals surface area (Å²) in [6.45, 7) is 0.497. The summed E-state index contributed by atoms with van der Waals surface area (Å²) < 4.78 is 6.14. The van der Waals surface area contributed by atoms with Crippen LogP contribution in [0, 0.1) is 0 Å². The summed E-state index contributed by atoms with van der Waals surface area (Å²) in [5.41, 5.74) is 0.529. The lowest BCUT2D eigenvalue weighted by molar-refractivity contribution is 0.493. The molecule has 2 rings (SSSR count). The Kier molecular flexibility index (Phi) is 4.45. The zero-order valence-electron chi connectivity index (χ0n) is 9.30. The predicted octanol–water partition coefficient (Wildman–Crippen LogP) is 3.60. The maximum atomic E-state index is 6.07. The first kappa shape index (κ1) is 13.6. The minimum atomic E-state index is 0.242. The fourth-order valence-electron chi connectivity index (χ4n) is 1.30. The van der Waals surface area contributed by atoms with Crippen LogP contribution < -0.4 is 10.6 Å². The molecule has 0 saturated carbocycles. The van der Waals surface area contributed by atoms with Crippen LogP contribution in [0.1, 0.15) is 5.89 Å². The maximum Gasteiger partial charge on any atom is 0.320 e. The zero-order chi connectivity index (χ0) is 13.1. The summed E-state index contributed by atoms with van der Waals surface area (Å²) in [5, 5.41) is 14.4. The summed E-state index contributed by atoms with van der Waals surface area (Å²) in [6, 6.07) is 3.69. The molecule has 1 aromatic heterocycles. The molecule has 0 amide bonds. The fourth-order valence-corrected chi connectivity index (χ4v) is 2.60. The quantitative estimate of drug-likeness (QED) is 0.881. The first-order valence-electron chi connectivity index (χ1n) is 4.98. The molecule has 2 N–H and O–H groups in total. The van der Waals surface area contributed by atoms with Gasteiger partial charge in [0.1, 0.15) is 0 Å². The number of nitrogens with zero attached hydrogens (tertiary/aromatic N) is 2. The molecular weight excluding hydrogens is 343 g/mol. The highest BCUT2D eigenvalue weighted by atomic mass is 79.9. The van der Waals surface area contributed by atoms with Crippen LogP contribution in [0.2, 0.25) is 10.0 Å². The third-order valence-electron chi connectivity index (χ3n) is 2.03. The minimum Gasteiger partial charge on any atom is -0.406 e. The topological polar surface area (TPSA) is 63.0 Å². The molecule has 1 aromatic carbocycles. The Hall–Kier alpha value is -0.820. The number of benzene rings is 1. The first-order chi connectivity index (χ1) is 8.60. The van der Waals surface area contributed by atoms with Crippen molar-refractivity contribution in [3.63, 3.8) is 0 Å². The smallest absolute Gasteiger partial charge is 0.320 e. The molecule has 1 heterocycles. The maximum absolute atomic E-state index is 6.07. The van der Waals surface area contributed by atoms with Crippen molar-refractivity contribution < 1.29 is 4.42 Å². The number of hydrogen-bond donors (Lipinski definition) is 2. The molecule has 0 aliphatic rings. The van der Waals surface area contributed by atoms with Gasteiger partial charge in [-0.1, -0.05) is 44.2 Å². The van der Waals surface area contributed by atoms with Crippen LogP contribution in [0.5, 0.6) is 0 Å². The van der Waals surface area contributed by atoms with Crippen molar-refractivity contribution >= 4 is 50.8 Å². The highest BCUT2D eigenvalue weighted by Gasteiger charge is 2.11. The van der Waals surface area contributed by atoms with Gasteiger partial charge < -0.3 is 15.1 Å². The van der Waals surface area contributed by atoms with Gasteiger partial charge in [0, 0.05) is 4.47 Å². The van der Waals surface area contributed by atoms with Crippen LogP contribution in [-0.2, 0) is 6.54 Å². The van der Waals surface area contributed by atoms with E-state index >= 15 is 0 Å². The lowest BCUT2D eigenvalue weighted by Gasteiger charge is -2.07. The number of aromatic nitrogens is 2. The molecule has 18 heavy (non-hydrogen) atoms. The van der Waals surface area contributed by atoms with E-state index in [0.29, 0.717) is 28.2 Å². The van der Waals surface area contributed by atoms with Crippen molar-refractivity contribution in [3.05, 3.63) is 32.5 Å². The van der Waals surface area contributed by atoms with E-state index in [2.05, 4.69) is 36.8 Å². The van der Waals surface area contributed by atoms with Gasteiger partial charge in [-0.15, -0.1) is 5.10 Å². The van der Waals surface area contributed by atoms with Crippen molar-refractivity contribution in [2.45, 2.75) is 6.54 Å². The molecule has 0 radical (unpaired) electrons. The lowest BCUT2D eigenvalue weighted by atomic mass is 10.3. The minimum absolute atomic E-state index is 0.242. The second-order valence-electron chi connectivity index (χ2n) is 3.40. The molecule has 5 nitrogen and oxygen atoms in total. The van der Waals surface area contributed by atoms with Gasteiger partial charge in [0.2, 0.25) is 5.89 Å². The van der Waals surface area contributed by atoms with Gasteiger partial charge in [0.15, 0.2) is 0 Å². The highest BCUT2D eigenvalue weighted by molar-refractivity contribution is 9.10. The van der Waals surface area contributed by atoms with Crippen molar-refractivity contribution in [1.82, 2.24) is 15.5 Å². The summed E-state index contributed by atoms with van der Waals surface area (Å²) >= 11 is 15.4. The number of hydrogen-bond acceptors (Lipinski definition) is 5. The van der Waals surface area contributed by atoms with E-state index in [9.17, 15) is 0 Å². The molecule has 0 unspecified atom stereocenters. The molecule has 0 aliphatic heterocycles. The molecule has 0 spiro atoms. The van der Waals surface area contributed by atoms with E-state index in [-0.39, 0.29) is 6.01 Å². The Balaban J connectivity index is 2.22. The number of anilines is 2. The number of rotatable bonds is 4. The third kappa shape index (κ3) is 3.14. The summed E-state index contributed by atoms with van der Waals surface area (Å²) in [7, 11) is 1.79. The van der Waals surface area contributed by atoms with Gasteiger partial charge in [-0.2, -0.15) is 0 Å². The van der Waals surface area contributed by atoms with Crippen molar-refractivity contribution in [2.24, 2.45) is 0 Å². The second kappa shape index (κ2) is 5.88. The Morgan fingerprint density at radius 1 is 1.28 bits per heavy atom. The Bertz CT molecular complexity index is 538. The average Bonchev–Trinajstić information content (AvgIpc) is 2.72. The van der Waals surface area contributed by atoms with Crippen LogP contribution >= 0.6 is 39.1 Å². The molecule has 0 atom stereocenters. The monoisotopic (exact) mass is 350 g/mol.